The second-order valence-electron chi connectivity index (χ2n) is 6.08. The average molecular weight is 386 g/mol. The fraction of sp³-hybridized carbons (Fsp3) is 0.200. The molecule has 0 aliphatic carbocycles. The standard InChI is InChI=1S/C20H20ClN3O3/c21-14-8-9-15-18(13-14)24(12-4-11-22-10-3-7-19(25)26)17-6-2-1-5-16(17)23-20(15)27/h1-3,5-9,13,22H,4,10-12H2,(H,23,27)(H,25,26)/b7-3+. The van der Waals surface area contributed by atoms with Crippen molar-refractivity contribution in [3.63, 3.8) is 0 Å². The van der Waals surface area contributed by atoms with Gasteiger partial charge >= 0.3 is 5.97 Å². The molecule has 0 bridgehead atoms. The van der Waals surface area contributed by atoms with Crippen LogP contribution in [0.25, 0.3) is 0 Å². The number of carbonyl (C=O) groups excluding carboxylic acids is 1. The summed E-state index contributed by atoms with van der Waals surface area (Å²) in [7, 11) is 0. The van der Waals surface area contributed by atoms with Crippen molar-refractivity contribution in [2.75, 3.05) is 29.9 Å². The molecule has 0 radical (unpaired) electrons. The number of nitrogens with one attached hydrogen (secondary N) is 2. The first-order valence-corrected chi connectivity index (χ1v) is 9.01. The molecule has 0 atom stereocenters. The number of amides is 1. The normalized spacial score (nSPS) is 13.1. The maximum atomic E-state index is 12.6. The monoisotopic (exact) mass is 385 g/mol. The molecule has 0 fully saturated rings. The van der Waals surface area contributed by atoms with Crippen molar-refractivity contribution in [3.05, 3.63) is 65.2 Å². The fourth-order valence-corrected chi connectivity index (χ4v) is 3.17. The van der Waals surface area contributed by atoms with E-state index in [0.717, 1.165) is 29.6 Å². The van der Waals surface area contributed by atoms with Crippen molar-refractivity contribution in [3.8, 4) is 0 Å². The second kappa shape index (κ2) is 8.70. The molecule has 3 N–H and O–H groups in total. The summed E-state index contributed by atoms with van der Waals surface area (Å²) < 4.78 is 0. The summed E-state index contributed by atoms with van der Waals surface area (Å²) in [5.74, 6) is -1.11. The van der Waals surface area contributed by atoms with Gasteiger partial charge in [-0.1, -0.05) is 29.8 Å². The van der Waals surface area contributed by atoms with E-state index < -0.39 is 5.97 Å². The van der Waals surface area contributed by atoms with E-state index in [-0.39, 0.29) is 5.91 Å². The average Bonchev–Trinajstić information content (AvgIpc) is 2.75. The van der Waals surface area contributed by atoms with Gasteiger partial charge in [0.05, 0.1) is 22.6 Å². The summed E-state index contributed by atoms with van der Waals surface area (Å²) in [4.78, 5) is 25.1. The van der Waals surface area contributed by atoms with Crippen molar-refractivity contribution in [1.29, 1.82) is 0 Å². The number of anilines is 3. The van der Waals surface area contributed by atoms with Crippen LogP contribution >= 0.6 is 11.6 Å². The van der Waals surface area contributed by atoms with Gasteiger partial charge in [0.1, 0.15) is 0 Å². The van der Waals surface area contributed by atoms with Crippen LogP contribution in [0.1, 0.15) is 16.8 Å². The number of halogens is 1. The minimum atomic E-state index is -0.955. The smallest absolute Gasteiger partial charge is 0.328 e. The molecule has 1 heterocycles. The number of aliphatic carboxylic acids is 1. The summed E-state index contributed by atoms with van der Waals surface area (Å²) in [5, 5.41) is 15.3. The molecular formula is C20H20ClN3O3. The summed E-state index contributed by atoms with van der Waals surface area (Å²) in [6.45, 7) is 1.88. The van der Waals surface area contributed by atoms with E-state index in [1.165, 1.54) is 0 Å². The van der Waals surface area contributed by atoms with Gasteiger partial charge in [0, 0.05) is 24.2 Å². The van der Waals surface area contributed by atoms with Crippen LogP contribution in [0.3, 0.4) is 0 Å². The number of carbonyl (C=O) groups is 2. The van der Waals surface area contributed by atoms with Crippen LogP contribution in [0.4, 0.5) is 17.1 Å². The van der Waals surface area contributed by atoms with Gasteiger partial charge in [-0.15, -0.1) is 0 Å². The predicted molar refractivity (Wildman–Crippen MR) is 107 cm³/mol. The Balaban J connectivity index is 1.77. The lowest BCUT2D eigenvalue weighted by Gasteiger charge is -2.26. The number of benzene rings is 2. The van der Waals surface area contributed by atoms with E-state index in [9.17, 15) is 9.59 Å². The molecule has 6 nitrogen and oxygen atoms in total. The maximum Gasteiger partial charge on any atom is 0.328 e. The zero-order valence-corrected chi connectivity index (χ0v) is 15.4. The lowest BCUT2D eigenvalue weighted by Crippen LogP contribution is -2.24. The fourth-order valence-electron chi connectivity index (χ4n) is 3.00. The molecular weight excluding hydrogens is 366 g/mol. The van der Waals surface area contributed by atoms with Crippen LogP contribution in [-0.4, -0.2) is 36.6 Å². The Morgan fingerprint density at radius 1 is 1.22 bits per heavy atom. The number of para-hydroxylation sites is 2. The molecule has 7 heteroatoms. The van der Waals surface area contributed by atoms with Crippen molar-refractivity contribution in [2.45, 2.75) is 6.42 Å². The Hall–Kier alpha value is -2.83. The van der Waals surface area contributed by atoms with Gasteiger partial charge in [0.2, 0.25) is 0 Å². The molecule has 1 amide bonds. The topological polar surface area (TPSA) is 81.7 Å². The van der Waals surface area contributed by atoms with Crippen molar-refractivity contribution in [1.82, 2.24) is 5.32 Å². The molecule has 140 valence electrons. The summed E-state index contributed by atoms with van der Waals surface area (Å²) in [6.07, 6.45) is 3.49. The first kappa shape index (κ1) is 18.9. The highest BCUT2D eigenvalue weighted by molar-refractivity contribution is 6.31. The SMILES string of the molecule is O=C(O)/C=C/CNCCCN1c2ccccc2NC(=O)c2ccc(Cl)cc21. The van der Waals surface area contributed by atoms with Gasteiger partial charge in [0.15, 0.2) is 0 Å². The third kappa shape index (κ3) is 4.67. The van der Waals surface area contributed by atoms with Gasteiger partial charge in [-0.25, -0.2) is 4.79 Å². The molecule has 2 aromatic carbocycles. The molecule has 2 aromatic rings. The van der Waals surface area contributed by atoms with Crippen LogP contribution in [0.5, 0.6) is 0 Å². The number of carboxylic acid groups (broad SMARTS) is 1. The number of carboxylic acids is 1. The van der Waals surface area contributed by atoms with Gasteiger partial charge in [0.25, 0.3) is 5.91 Å². The van der Waals surface area contributed by atoms with E-state index in [1.807, 2.05) is 30.3 Å². The minimum Gasteiger partial charge on any atom is -0.478 e. The molecule has 0 spiro atoms. The van der Waals surface area contributed by atoms with Crippen molar-refractivity contribution >= 4 is 40.5 Å². The highest BCUT2D eigenvalue weighted by Gasteiger charge is 2.24. The quantitative estimate of drug-likeness (QED) is 0.500. The Labute approximate surface area is 162 Å². The first-order valence-electron chi connectivity index (χ1n) is 8.64. The van der Waals surface area contributed by atoms with Crippen LogP contribution in [0, 0.1) is 0 Å². The van der Waals surface area contributed by atoms with E-state index in [1.54, 1.807) is 18.2 Å². The number of nitrogens with zero attached hydrogens (tertiary/aromatic N) is 1. The lowest BCUT2D eigenvalue weighted by molar-refractivity contribution is -0.131. The molecule has 1 aliphatic rings. The highest BCUT2D eigenvalue weighted by Crippen LogP contribution is 2.38. The van der Waals surface area contributed by atoms with Crippen LogP contribution in [0.15, 0.2) is 54.6 Å². The minimum absolute atomic E-state index is 0.159. The Morgan fingerprint density at radius 3 is 2.85 bits per heavy atom. The zero-order chi connectivity index (χ0) is 19.2. The van der Waals surface area contributed by atoms with E-state index in [4.69, 9.17) is 16.7 Å². The third-order valence-corrected chi connectivity index (χ3v) is 4.43. The van der Waals surface area contributed by atoms with E-state index in [0.29, 0.717) is 30.2 Å². The molecule has 1 aliphatic heterocycles. The van der Waals surface area contributed by atoms with Gasteiger partial charge in [-0.05, 0) is 43.3 Å². The van der Waals surface area contributed by atoms with Crippen LogP contribution in [0.2, 0.25) is 5.02 Å². The number of fused-ring (bicyclic) bond motifs is 2. The van der Waals surface area contributed by atoms with Crippen molar-refractivity contribution in [2.24, 2.45) is 0 Å². The Kier molecular flexibility index (Phi) is 6.11. The largest absolute Gasteiger partial charge is 0.478 e. The van der Waals surface area contributed by atoms with E-state index >= 15 is 0 Å². The molecule has 0 saturated carbocycles. The van der Waals surface area contributed by atoms with E-state index in [2.05, 4.69) is 15.5 Å². The van der Waals surface area contributed by atoms with Crippen molar-refractivity contribution < 1.29 is 14.7 Å². The molecule has 0 aromatic heterocycles. The highest BCUT2D eigenvalue weighted by atomic mass is 35.5. The van der Waals surface area contributed by atoms with Crippen LogP contribution in [-0.2, 0) is 4.79 Å². The van der Waals surface area contributed by atoms with Crippen LogP contribution < -0.4 is 15.5 Å². The number of hydrogen-bond donors (Lipinski definition) is 3. The summed E-state index contributed by atoms with van der Waals surface area (Å²) in [6, 6.07) is 12.9. The Morgan fingerprint density at radius 2 is 2.04 bits per heavy atom. The lowest BCUT2D eigenvalue weighted by atomic mass is 10.1. The van der Waals surface area contributed by atoms with Gasteiger partial charge < -0.3 is 20.6 Å². The molecule has 0 saturated heterocycles. The summed E-state index contributed by atoms with van der Waals surface area (Å²) >= 11 is 6.19. The first-order chi connectivity index (χ1) is 13.1. The maximum absolute atomic E-state index is 12.6. The predicted octanol–water partition coefficient (Wildman–Crippen LogP) is 3.66. The summed E-state index contributed by atoms with van der Waals surface area (Å²) in [5.41, 5.74) is 3.02. The van der Waals surface area contributed by atoms with Gasteiger partial charge in [-0.2, -0.15) is 0 Å². The number of hydrogen-bond acceptors (Lipinski definition) is 4. The second-order valence-corrected chi connectivity index (χ2v) is 6.52. The molecule has 27 heavy (non-hydrogen) atoms. The third-order valence-electron chi connectivity index (χ3n) is 4.20. The molecule has 0 unspecified atom stereocenters. The Bertz CT molecular complexity index is 883. The molecule has 3 rings (SSSR count). The van der Waals surface area contributed by atoms with Gasteiger partial charge in [-0.3, -0.25) is 4.79 Å². The number of rotatable bonds is 7. The zero-order valence-electron chi connectivity index (χ0n) is 14.6.